The molecular weight excluding hydrogens is 252 g/mol. The summed E-state index contributed by atoms with van der Waals surface area (Å²) in [4.78, 5) is 28.3. The van der Waals surface area contributed by atoms with Gasteiger partial charge in [-0.1, -0.05) is 20.8 Å². The maximum atomic E-state index is 12.5. The van der Waals surface area contributed by atoms with E-state index in [9.17, 15) is 9.59 Å². The van der Waals surface area contributed by atoms with Gasteiger partial charge in [0.25, 0.3) is 0 Å². The molecule has 1 aliphatic carbocycles. The van der Waals surface area contributed by atoms with E-state index in [-0.39, 0.29) is 28.7 Å². The van der Waals surface area contributed by atoms with Crippen molar-refractivity contribution in [1.29, 1.82) is 0 Å². The zero-order valence-corrected chi connectivity index (χ0v) is 13.5. The molecule has 114 valence electrons. The number of carbonyl (C=O) groups excluding carboxylic acids is 2. The number of amides is 2. The molecule has 1 saturated carbocycles. The lowest BCUT2D eigenvalue weighted by molar-refractivity contribution is -0.152. The second-order valence-electron chi connectivity index (χ2n) is 7.62. The molecule has 2 bridgehead atoms. The average molecular weight is 280 g/mol. The van der Waals surface area contributed by atoms with Crippen LogP contribution >= 0.6 is 0 Å². The van der Waals surface area contributed by atoms with E-state index in [0.717, 1.165) is 25.8 Å². The fourth-order valence-electron chi connectivity index (χ4n) is 4.47. The quantitative estimate of drug-likeness (QED) is 0.728. The third-order valence-corrected chi connectivity index (χ3v) is 4.91. The van der Waals surface area contributed by atoms with Crippen LogP contribution in [-0.4, -0.2) is 47.3 Å². The van der Waals surface area contributed by atoms with Gasteiger partial charge in [-0.25, -0.2) is 0 Å². The minimum atomic E-state index is -0.330. The summed E-state index contributed by atoms with van der Waals surface area (Å²) in [6, 6.07) is 0.246. The largest absolute Gasteiger partial charge is 0.335 e. The van der Waals surface area contributed by atoms with E-state index >= 15 is 0 Å². The van der Waals surface area contributed by atoms with Gasteiger partial charge in [0.1, 0.15) is 0 Å². The molecule has 0 aromatic heterocycles. The molecule has 2 fully saturated rings. The van der Waals surface area contributed by atoms with E-state index < -0.39 is 0 Å². The van der Waals surface area contributed by atoms with Crippen molar-refractivity contribution < 1.29 is 9.59 Å². The van der Waals surface area contributed by atoms with Crippen molar-refractivity contribution in [1.82, 2.24) is 9.80 Å². The standard InChI is InChI=1S/C16H28N2O2/c1-6-17(7-2)13(19)14(20)18-11-16(5)9-12(18)8-15(3,4)10-16/h12H,6-11H2,1-5H3. The van der Waals surface area contributed by atoms with E-state index in [1.165, 1.54) is 0 Å². The number of hydrogen-bond donors (Lipinski definition) is 0. The van der Waals surface area contributed by atoms with Gasteiger partial charge in [-0.2, -0.15) is 0 Å². The van der Waals surface area contributed by atoms with E-state index in [1.54, 1.807) is 4.90 Å². The van der Waals surface area contributed by atoms with E-state index in [0.29, 0.717) is 13.1 Å². The van der Waals surface area contributed by atoms with Crippen LogP contribution in [0, 0.1) is 10.8 Å². The number of nitrogens with zero attached hydrogens (tertiary/aromatic N) is 2. The molecule has 4 nitrogen and oxygen atoms in total. The Hall–Kier alpha value is -1.06. The number of hydrogen-bond acceptors (Lipinski definition) is 2. The number of likely N-dealkylation sites (N-methyl/N-ethyl adjacent to an activating group) is 1. The monoisotopic (exact) mass is 280 g/mol. The molecule has 4 heteroatoms. The van der Waals surface area contributed by atoms with Crippen LogP contribution in [0.1, 0.15) is 53.9 Å². The average Bonchev–Trinajstić information content (AvgIpc) is 2.59. The number of carbonyl (C=O) groups is 2. The van der Waals surface area contributed by atoms with Gasteiger partial charge in [0, 0.05) is 25.7 Å². The van der Waals surface area contributed by atoms with Gasteiger partial charge >= 0.3 is 11.8 Å². The zero-order valence-electron chi connectivity index (χ0n) is 13.5. The molecule has 2 amide bonds. The Balaban J connectivity index is 2.15. The minimum absolute atomic E-state index is 0.186. The first-order valence-corrected chi connectivity index (χ1v) is 7.81. The number of fused-ring (bicyclic) bond motifs is 2. The Morgan fingerprint density at radius 2 is 1.75 bits per heavy atom. The summed E-state index contributed by atoms with van der Waals surface area (Å²) in [5.41, 5.74) is 0.455. The summed E-state index contributed by atoms with van der Waals surface area (Å²) < 4.78 is 0. The highest BCUT2D eigenvalue weighted by atomic mass is 16.2. The van der Waals surface area contributed by atoms with Gasteiger partial charge in [0.2, 0.25) is 0 Å². The fraction of sp³-hybridized carbons (Fsp3) is 0.875. The van der Waals surface area contributed by atoms with Gasteiger partial charge in [-0.15, -0.1) is 0 Å². The van der Waals surface area contributed by atoms with Crippen molar-refractivity contribution in [2.75, 3.05) is 19.6 Å². The SMILES string of the molecule is CCN(CC)C(=O)C(=O)N1CC2(C)CC1CC(C)(C)C2. The Kier molecular flexibility index (Phi) is 3.87. The third-order valence-electron chi connectivity index (χ3n) is 4.91. The fourth-order valence-corrected chi connectivity index (χ4v) is 4.47. The number of rotatable bonds is 2. The highest BCUT2D eigenvalue weighted by molar-refractivity contribution is 6.35. The normalized spacial score (nSPS) is 31.2. The molecular formula is C16H28N2O2. The van der Waals surface area contributed by atoms with Crippen molar-refractivity contribution in [3.05, 3.63) is 0 Å². The molecule has 0 radical (unpaired) electrons. The summed E-state index contributed by atoms with van der Waals surface area (Å²) in [6.07, 6.45) is 3.20. The van der Waals surface area contributed by atoms with Crippen molar-refractivity contribution >= 4 is 11.8 Å². The molecule has 0 aromatic carbocycles. The molecule has 2 unspecified atom stereocenters. The molecule has 0 spiro atoms. The lowest BCUT2D eigenvalue weighted by atomic mass is 9.65. The van der Waals surface area contributed by atoms with Crippen molar-refractivity contribution in [3.8, 4) is 0 Å². The van der Waals surface area contributed by atoms with Gasteiger partial charge in [-0.05, 0) is 43.9 Å². The van der Waals surface area contributed by atoms with E-state index in [2.05, 4.69) is 20.8 Å². The second kappa shape index (κ2) is 5.05. The molecule has 1 saturated heterocycles. The highest BCUT2D eigenvalue weighted by Crippen LogP contribution is 2.52. The molecule has 0 aromatic rings. The Morgan fingerprint density at radius 1 is 1.15 bits per heavy atom. The van der Waals surface area contributed by atoms with Gasteiger partial charge in [0.15, 0.2) is 0 Å². The summed E-state index contributed by atoms with van der Waals surface area (Å²) >= 11 is 0. The molecule has 2 rings (SSSR count). The van der Waals surface area contributed by atoms with Crippen molar-refractivity contribution in [3.63, 3.8) is 0 Å². The first-order chi connectivity index (χ1) is 9.21. The maximum Gasteiger partial charge on any atom is 0.312 e. The summed E-state index contributed by atoms with van der Waals surface area (Å²) in [5.74, 6) is -0.621. The van der Waals surface area contributed by atoms with Crippen molar-refractivity contribution in [2.24, 2.45) is 10.8 Å². The molecule has 0 N–H and O–H groups in total. The van der Waals surface area contributed by atoms with Gasteiger partial charge < -0.3 is 9.80 Å². The Bertz CT molecular complexity index is 415. The van der Waals surface area contributed by atoms with Crippen LogP contribution in [0.5, 0.6) is 0 Å². The van der Waals surface area contributed by atoms with Crippen LogP contribution in [0.2, 0.25) is 0 Å². The molecule has 20 heavy (non-hydrogen) atoms. The Labute approximate surface area is 122 Å². The predicted octanol–water partition coefficient (Wildman–Crippen LogP) is 2.28. The Morgan fingerprint density at radius 3 is 2.30 bits per heavy atom. The topological polar surface area (TPSA) is 40.6 Å². The maximum absolute atomic E-state index is 12.5. The van der Waals surface area contributed by atoms with Crippen LogP contribution < -0.4 is 0 Å². The predicted molar refractivity (Wildman–Crippen MR) is 79.2 cm³/mol. The molecule has 2 atom stereocenters. The van der Waals surface area contributed by atoms with Gasteiger partial charge in [0.05, 0.1) is 0 Å². The molecule has 1 aliphatic heterocycles. The van der Waals surface area contributed by atoms with Crippen LogP contribution in [0.15, 0.2) is 0 Å². The van der Waals surface area contributed by atoms with E-state index in [1.807, 2.05) is 18.7 Å². The minimum Gasteiger partial charge on any atom is -0.335 e. The number of likely N-dealkylation sites (tertiary alicyclic amines) is 1. The van der Waals surface area contributed by atoms with Crippen LogP contribution in [0.4, 0.5) is 0 Å². The summed E-state index contributed by atoms with van der Waals surface area (Å²) in [6.45, 7) is 12.6. The second-order valence-corrected chi connectivity index (χ2v) is 7.62. The third kappa shape index (κ3) is 2.70. The molecule has 2 aliphatic rings. The van der Waals surface area contributed by atoms with Crippen molar-refractivity contribution in [2.45, 2.75) is 59.9 Å². The van der Waals surface area contributed by atoms with Crippen LogP contribution in [-0.2, 0) is 9.59 Å². The lowest BCUT2D eigenvalue weighted by Gasteiger charge is -2.39. The summed E-state index contributed by atoms with van der Waals surface area (Å²) in [7, 11) is 0. The molecule has 1 heterocycles. The first-order valence-electron chi connectivity index (χ1n) is 7.81. The first kappa shape index (κ1) is 15.3. The zero-order chi connectivity index (χ0) is 15.1. The smallest absolute Gasteiger partial charge is 0.312 e. The van der Waals surface area contributed by atoms with Crippen LogP contribution in [0.25, 0.3) is 0 Å². The van der Waals surface area contributed by atoms with Crippen LogP contribution in [0.3, 0.4) is 0 Å². The van der Waals surface area contributed by atoms with E-state index in [4.69, 9.17) is 0 Å². The lowest BCUT2D eigenvalue weighted by Crippen LogP contribution is -2.47. The van der Waals surface area contributed by atoms with Gasteiger partial charge in [-0.3, -0.25) is 9.59 Å². The summed E-state index contributed by atoms with van der Waals surface area (Å²) in [5, 5.41) is 0. The highest BCUT2D eigenvalue weighted by Gasteiger charge is 2.52.